The number of nitrogens with one attached hydrogen (secondary N) is 2. The van der Waals surface area contributed by atoms with Crippen molar-refractivity contribution >= 4 is 23.0 Å². The summed E-state index contributed by atoms with van der Waals surface area (Å²) in [7, 11) is 0. The normalized spacial score (nSPS) is 18.4. The van der Waals surface area contributed by atoms with Crippen LogP contribution in [0.3, 0.4) is 0 Å². The van der Waals surface area contributed by atoms with E-state index in [0.29, 0.717) is 23.7 Å². The third-order valence-electron chi connectivity index (χ3n) is 2.01. The Morgan fingerprint density at radius 1 is 1.40 bits per heavy atom. The van der Waals surface area contributed by atoms with E-state index in [2.05, 4.69) is 10.6 Å². The second-order valence-electron chi connectivity index (χ2n) is 3.08. The molecule has 1 aliphatic heterocycles. The maximum atomic E-state index is 11.6. The Hall–Kier alpha value is -1.62. The third kappa shape index (κ3) is 2.24. The van der Waals surface area contributed by atoms with Crippen LogP contribution in [0.1, 0.15) is 9.67 Å². The van der Waals surface area contributed by atoms with Gasteiger partial charge in [0.15, 0.2) is 5.78 Å². The molecule has 0 atom stereocenters. The monoisotopic (exact) mass is 222 g/mol. The zero-order valence-electron chi connectivity index (χ0n) is 7.95. The first-order valence-corrected chi connectivity index (χ1v) is 5.47. The van der Waals surface area contributed by atoms with Crippen LogP contribution in [0.15, 0.2) is 29.3 Å². The van der Waals surface area contributed by atoms with E-state index in [0.717, 1.165) is 0 Å². The molecule has 1 aliphatic rings. The molecule has 1 amide bonds. The zero-order chi connectivity index (χ0) is 10.7. The molecule has 0 aromatic carbocycles. The number of carbonyl (C=O) groups excluding carboxylic acids is 2. The van der Waals surface area contributed by atoms with Crippen LogP contribution in [0.4, 0.5) is 0 Å². The van der Waals surface area contributed by atoms with Gasteiger partial charge in [-0.3, -0.25) is 9.59 Å². The minimum absolute atomic E-state index is 0.135. The fourth-order valence-corrected chi connectivity index (χ4v) is 1.92. The summed E-state index contributed by atoms with van der Waals surface area (Å²) in [5.41, 5.74) is 0.347. The third-order valence-corrected chi connectivity index (χ3v) is 2.89. The number of rotatable bonds is 2. The van der Waals surface area contributed by atoms with Crippen molar-refractivity contribution in [3.63, 3.8) is 0 Å². The number of thiophene rings is 1. The van der Waals surface area contributed by atoms with Crippen LogP contribution in [-0.2, 0) is 4.79 Å². The van der Waals surface area contributed by atoms with E-state index in [9.17, 15) is 9.59 Å². The van der Waals surface area contributed by atoms with Crippen molar-refractivity contribution in [1.82, 2.24) is 10.6 Å². The van der Waals surface area contributed by atoms with Gasteiger partial charge in [-0.05, 0) is 11.4 Å². The second-order valence-corrected chi connectivity index (χ2v) is 4.03. The van der Waals surface area contributed by atoms with Crippen molar-refractivity contribution in [3.8, 4) is 0 Å². The molecule has 0 saturated carbocycles. The van der Waals surface area contributed by atoms with Gasteiger partial charge in [0, 0.05) is 19.2 Å². The Labute approximate surface area is 91.0 Å². The molecule has 15 heavy (non-hydrogen) atoms. The lowest BCUT2D eigenvalue weighted by atomic mass is 10.2. The first-order chi connectivity index (χ1) is 7.27. The number of hydrogen-bond donors (Lipinski definition) is 2. The van der Waals surface area contributed by atoms with Crippen molar-refractivity contribution in [2.24, 2.45) is 0 Å². The van der Waals surface area contributed by atoms with Crippen molar-refractivity contribution in [3.05, 3.63) is 34.2 Å². The van der Waals surface area contributed by atoms with Crippen LogP contribution in [0.5, 0.6) is 0 Å². The van der Waals surface area contributed by atoms with E-state index in [4.69, 9.17) is 0 Å². The topological polar surface area (TPSA) is 58.2 Å². The highest BCUT2D eigenvalue weighted by Crippen LogP contribution is 2.10. The molecular weight excluding hydrogens is 212 g/mol. The fraction of sp³-hybridized carbons (Fsp3) is 0.200. The zero-order valence-corrected chi connectivity index (χ0v) is 8.76. The SMILES string of the molecule is O=C1NCCNC1=CC(=O)c1cccs1. The predicted molar refractivity (Wildman–Crippen MR) is 57.7 cm³/mol. The summed E-state index contributed by atoms with van der Waals surface area (Å²) in [5, 5.41) is 7.39. The molecule has 4 nitrogen and oxygen atoms in total. The summed E-state index contributed by atoms with van der Waals surface area (Å²) in [5.74, 6) is -0.351. The highest BCUT2D eigenvalue weighted by atomic mass is 32.1. The van der Waals surface area contributed by atoms with E-state index in [1.165, 1.54) is 17.4 Å². The maximum Gasteiger partial charge on any atom is 0.267 e. The molecule has 2 heterocycles. The molecule has 2 N–H and O–H groups in total. The molecule has 1 saturated heterocycles. The lowest BCUT2D eigenvalue weighted by Gasteiger charge is -2.16. The second kappa shape index (κ2) is 4.27. The number of allylic oxidation sites excluding steroid dienone is 1. The van der Waals surface area contributed by atoms with E-state index >= 15 is 0 Å². The van der Waals surface area contributed by atoms with Gasteiger partial charge >= 0.3 is 0 Å². The summed E-state index contributed by atoms with van der Waals surface area (Å²) in [6.07, 6.45) is 1.35. The highest BCUT2D eigenvalue weighted by Gasteiger charge is 2.15. The van der Waals surface area contributed by atoms with E-state index in [1.54, 1.807) is 6.07 Å². The van der Waals surface area contributed by atoms with Crippen LogP contribution in [0, 0.1) is 0 Å². The van der Waals surface area contributed by atoms with Gasteiger partial charge in [0.1, 0.15) is 5.70 Å². The molecule has 0 bridgehead atoms. The molecule has 0 spiro atoms. The van der Waals surface area contributed by atoms with Gasteiger partial charge in [-0.25, -0.2) is 0 Å². The van der Waals surface area contributed by atoms with Gasteiger partial charge in [0.25, 0.3) is 5.91 Å². The lowest BCUT2D eigenvalue weighted by Crippen LogP contribution is -2.43. The minimum Gasteiger partial charge on any atom is -0.379 e. The number of carbonyl (C=O) groups is 2. The number of hydrogen-bond acceptors (Lipinski definition) is 4. The Morgan fingerprint density at radius 3 is 2.87 bits per heavy atom. The van der Waals surface area contributed by atoms with Crippen molar-refractivity contribution in [2.45, 2.75) is 0 Å². The fourth-order valence-electron chi connectivity index (χ4n) is 1.29. The van der Waals surface area contributed by atoms with Crippen LogP contribution in [0.25, 0.3) is 0 Å². The first-order valence-electron chi connectivity index (χ1n) is 4.59. The highest BCUT2D eigenvalue weighted by molar-refractivity contribution is 7.12. The van der Waals surface area contributed by atoms with Crippen molar-refractivity contribution < 1.29 is 9.59 Å². The summed E-state index contributed by atoms with van der Waals surface area (Å²) in [6.45, 7) is 1.26. The van der Waals surface area contributed by atoms with Crippen molar-refractivity contribution in [1.29, 1.82) is 0 Å². The molecule has 78 valence electrons. The van der Waals surface area contributed by atoms with Crippen LogP contribution < -0.4 is 10.6 Å². The Morgan fingerprint density at radius 2 is 2.20 bits per heavy atom. The van der Waals surface area contributed by atoms with Crippen LogP contribution in [-0.4, -0.2) is 24.8 Å². The number of amides is 1. The predicted octanol–water partition coefficient (Wildman–Crippen LogP) is 0.534. The first kappa shape index (κ1) is 9.92. The Kier molecular flexibility index (Phi) is 2.82. The van der Waals surface area contributed by atoms with Crippen molar-refractivity contribution in [2.75, 3.05) is 13.1 Å². The number of piperazine rings is 1. The van der Waals surface area contributed by atoms with Gasteiger partial charge in [0.05, 0.1) is 4.88 Å². The van der Waals surface area contributed by atoms with E-state index in [1.807, 2.05) is 11.4 Å². The molecule has 0 aliphatic carbocycles. The summed E-state index contributed by atoms with van der Waals surface area (Å²) in [4.78, 5) is 23.6. The molecule has 1 aromatic heterocycles. The molecule has 0 unspecified atom stereocenters. The molecule has 1 fully saturated rings. The average molecular weight is 222 g/mol. The van der Waals surface area contributed by atoms with Gasteiger partial charge in [0.2, 0.25) is 0 Å². The molecule has 5 heteroatoms. The largest absolute Gasteiger partial charge is 0.379 e. The van der Waals surface area contributed by atoms with E-state index < -0.39 is 0 Å². The van der Waals surface area contributed by atoms with Crippen LogP contribution in [0.2, 0.25) is 0 Å². The van der Waals surface area contributed by atoms with Crippen LogP contribution >= 0.6 is 11.3 Å². The van der Waals surface area contributed by atoms with Gasteiger partial charge in [-0.1, -0.05) is 6.07 Å². The molecular formula is C10H10N2O2S. The summed E-state index contributed by atoms with van der Waals surface area (Å²) in [6, 6.07) is 3.55. The maximum absolute atomic E-state index is 11.6. The van der Waals surface area contributed by atoms with Gasteiger partial charge < -0.3 is 10.6 Å². The summed E-state index contributed by atoms with van der Waals surface area (Å²) < 4.78 is 0. The van der Waals surface area contributed by atoms with E-state index in [-0.39, 0.29) is 11.7 Å². The summed E-state index contributed by atoms with van der Waals surface area (Å²) >= 11 is 1.37. The van der Waals surface area contributed by atoms with Gasteiger partial charge in [-0.2, -0.15) is 0 Å². The lowest BCUT2D eigenvalue weighted by molar-refractivity contribution is -0.118. The molecule has 0 radical (unpaired) electrons. The number of ketones is 1. The standard InChI is InChI=1S/C10H10N2O2S/c13-8(9-2-1-5-15-9)6-7-10(14)12-4-3-11-7/h1-2,5-6,11H,3-4H2,(H,12,14). The van der Waals surface area contributed by atoms with Gasteiger partial charge in [-0.15, -0.1) is 11.3 Å². The quantitative estimate of drug-likeness (QED) is 0.567. The molecule has 1 aromatic rings. The smallest absolute Gasteiger partial charge is 0.267 e. The Balaban J connectivity index is 2.15. The molecule has 2 rings (SSSR count). The minimum atomic E-state index is -0.217. The Bertz CT molecular complexity index is 409. The average Bonchev–Trinajstić information content (AvgIpc) is 2.74.